The van der Waals surface area contributed by atoms with Crippen LogP contribution in [0.2, 0.25) is 0 Å². The van der Waals surface area contributed by atoms with E-state index in [2.05, 4.69) is 53.7 Å². The molecule has 1 aliphatic heterocycles. The zero-order valence-corrected chi connectivity index (χ0v) is 21.3. The maximum atomic E-state index is 12.6. The molecule has 0 spiro atoms. The molecule has 3 rings (SSSR count). The summed E-state index contributed by atoms with van der Waals surface area (Å²) >= 11 is 0. The van der Waals surface area contributed by atoms with Crippen molar-refractivity contribution in [2.24, 2.45) is 11.8 Å². The Morgan fingerprint density at radius 1 is 1.12 bits per heavy atom. The lowest BCUT2D eigenvalue weighted by Gasteiger charge is -2.35. The second kappa shape index (κ2) is 11.4. The van der Waals surface area contributed by atoms with Crippen LogP contribution in [-0.4, -0.2) is 5.97 Å². The van der Waals surface area contributed by atoms with Crippen molar-refractivity contribution >= 4 is 5.97 Å². The predicted octanol–water partition coefficient (Wildman–Crippen LogP) is 8.67. The average Bonchev–Trinajstić information content (AvgIpc) is 2.76. The van der Waals surface area contributed by atoms with Crippen LogP contribution >= 0.6 is 0 Å². The van der Waals surface area contributed by atoms with Gasteiger partial charge in [0.1, 0.15) is 17.3 Å². The molecule has 2 aliphatic rings. The van der Waals surface area contributed by atoms with Crippen molar-refractivity contribution in [2.45, 2.75) is 118 Å². The van der Waals surface area contributed by atoms with Crippen LogP contribution in [0, 0.1) is 11.8 Å². The molecule has 1 aromatic carbocycles. The lowest BCUT2D eigenvalue weighted by Crippen LogP contribution is -2.22. The monoisotopic (exact) mass is 440 g/mol. The Hall–Kier alpha value is -1.77. The number of benzene rings is 1. The quantitative estimate of drug-likeness (QED) is 0.207. The van der Waals surface area contributed by atoms with Crippen LogP contribution in [0.3, 0.4) is 0 Å². The Bertz CT molecular complexity index is 822. The van der Waals surface area contributed by atoms with Crippen molar-refractivity contribution < 1.29 is 14.3 Å². The number of allylic oxidation sites excluding steroid dienone is 2. The summed E-state index contributed by atoms with van der Waals surface area (Å²) < 4.78 is 12.6. The maximum Gasteiger partial charge on any atom is 0.311 e. The molecule has 0 saturated heterocycles. The first-order chi connectivity index (χ1) is 15.3. The fraction of sp³-hybridized carbons (Fsp3) is 0.690. The van der Waals surface area contributed by atoms with Gasteiger partial charge in [0, 0.05) is 24.3 Å². The SMILES string of the molecule is CCCCCC(C)C(C)c1cc(OC(=O)CCCC)c2c(c1)OC1=C(CCC(C)C1)C2C. The first kappa shape index (κ1) is 24.9. The van der Waals surface area contributed by atoms with Crippen LogP contribution in [0.15, 0.2) is 23.5 Å². The van der Waals surface area contributed by atoms with Crippen LogP contribution in [0.5, 0.6) is 11.5 Å². The number of fused-ring (bicyclic) bond motifs is 1. The van der Waals surface area contributed by atoms with E-state index in [9.17, 15) is 4.79 Å². The summed E-state index contributed by atoms with van der Waals surface area (Å²) in [6.45, 7) is 13.6. The molecule has 0 saturated carbocycles. The molecule has 4 unspecified atom stereocenters. The summed E-state index contributed by atoms with van der Waals surface area (Å²) in [6, 6.07) is 4.37. The minimum atomic E-state index is -0.126. The van der Waals surface area contributed by atoms with Crippen LogP contribution < -0.4 is 9.47 Å². The van der Waals surface area contributed by atoms with Gasteiger partial charge in [-0.2, -0.15) is 0 Å². The van der Waals surface area contributed by atoms with Gasteiger partial charge in [-0.1, -0.05) is 73.6 Å². The summed E-state index contributed by atoms with van der Waals surface area (Å²) in [6.07, 6.45) is 10.7. The van der Waals surface area contributed by atoms with Crippen LogP contribution in [-0.2, 0) is 4.79 Å². The number of hydrogen-bond acceptors (Lipinski definition) is 3. The molecule has 0 aromatic heterocycles. The Balaban J connectivity index is 1.94. The van der Waals surface area contributed by atoms with E-state index in [1.807, 2.05) is 0 Å². The van der Waals surface area contributed by atoms with Crippen molar-refractivity contribution in [2.75, 3.05) is 0 Å². The van der Waals surface area contributed by atoms with Crippen molar-refractivity contribution in [3.8, 4) is 11.5 Å². The molecule has 1 aliphatic carbocycles. The topological polar surface area (TPSA) is 35.5 Å². The summed E-state index contributed by atoms with van der Waals surface area (Å²) in [4.78, 5) is 12.6. The highest BCUT2D eigenvalue weighted by Crippen LogP contribution is 2.50. The lowest BCUT2D eigenvalue weighted by atomic mass is 9.78. The van der Waals surface area contributed by atoms with Crippen LogP contribution in [0.1, 0.15) is 129 Å². The molecule has 0 bridgehead atoms. The highest BCUT2D eigenvalue weighted by atomic mass is 16.5. The van der Waals surface area contributed by atoms with Crippen molar-refractivity contribution in [1.29, 1.82) is 0 Å². The van der Waals surface area contributed by atoms with Crippen LogP contribution in [0.4, 0.5) is 0 Å². The summed E-state index contributed by atoms with van der Waals surface area (Å²) in [7, 11) is 0. The minimum absolute atomic E-state index is 0.126. The van der Waals surface area contributed by atoms with E-state index in [4.69, 9.17) is 9.47 Å². The maximum absolute atomic E-state index is 12.6. The largest absolute Gasteiger partial charge is 0.461 e. The van der Waals surface area contributed by atoms with Gasteiger partial charge in [-0.3, -0.25) is 4.79 Å². The highest BCUT2D eigenvalue weighted by Gasteiger charge is 2.34. The average molecular weight is 441 g/mol. The van der Waals surface area contributed by atoms with Gasteiger partial charge in [-0.25, -0.2) is 0 Å². The third kappa shape index (κ3) is 5.77. The fourth-order valence-electron chi connectivity index (χ4n) is 5.23. The van der Waals surface area contributed by atoms with Crippen molar-refractivity contribution in [3.63, 3.8) is 0 Å². The zero-order valence-electron chi connectivity index (χ0n) is 21.3. The van der Waals surface area contributed by atoms with Gasteiger partial charge in [0.15, 0.2) is 0 Å². The number of esters is 1. The highest BCUT2D eigenvalue weighted by molar-refractivity contribution is 5.74. The first-order valence-corrected chi connectivity index (χ1v) is 13.1. The smallest absolute Gasteiger partial charge is 0.311 e. The van der Waals surface area contributed by atoms with E-state index in [1.165, 1.54) is 43.2 Å². The molecule has 0 radical (unpaired) electrons. The Morgan fingerprint density at radius 3 is 2.59 bits per heavy atom. The van der Waals surface area contributed by atoms with E-state index in [-0.39, 0.29) is 11.9 Å². The van der Waals surface area contributed by atoms with E-state index < -0.39 is 0 Å². The number of hydrogen-bond donors (Lipinski definition) is 0. The fourth-order valence-corrected chi connectivity index (χ4v) is 5.23. The third-order valence-electron chi connectivity index (χ3n) is 7.71. The molecule has 1 aromatic rings. The lowest BCUT2D eigenvalue weighted by molar-refractivity contribution is -0.134. The summed E-state index contributed by atoms with van der Waals surface area (Å²) in [5.74, 6) is 4.54. The summed E-state index contributed by atoms with van der Waals surface area (Å²) in [5.41, 5.74) is 3.69. The van der Waals surface area contributed by atoms with Crippen molar-refractivity contribution in [1.82, 2.24) is 0 Å². The number of rotatable bonds is 10. The van der Waals surface area contributed by atoms with Gasteiger partial charge < -0.3 is 9.47 Å². The number of carbonyl (C=O) groups is 1. The molecule has 32 heavy (non-hydrogen) atoms. The predicted molar refractivity (Wildman–Crippen MR) is 132 cm³/mol. The number of unbranched alkanes of at least 4 members (excludes halogenated alkanes) is 3. The molecular formula is C29H44O3. The van der Waals surface area contributed by atoms with Gasteiger partial charge in [0.25, 0.3) is 0 Å². The van der Waals surface area contributed by atoms with Crippen LogP contribution in [0.25, 0.3) is 0 Å². The number of ether oxygens (including phenoxy) is 2. The summed E-state index contributed by atoms with van der Waals surface area (Å²) in [5, 5.41) is 0. The first-order valence-electron chi connectivity index (χ1n) is 13.1. The normalized spacial score (nSPS) is 21.9. The van der Waals surface area contributed by atoms with Gasteiger partial charge in [0.05, 0.1) is 0 Å². The van der Waals surface area contributed by atoms with Gasteiger partial charge in [0.2, 0.25) is 0 Å². The molecule has 0 N–H and O–H groups in total. The molecular weight excluding hydrogens is 396 g/mol. The zero-order chi connectivity index (χ0) is 23.3. The Labute approximate surface area is 196 Å². The van der Waals surface area contributed by atoms with Crippen molar-refractivity contribution in [3.05, 3.63) is 34.6 Å². The molecule has 3 nitrogen and oxygen atoms in total. The third-order valence-corrected chi connectivity index (χ3v) is 7.71. The second-order valence-corrected chi connectivity index (χ2v) is 10.4. The standard InChI is InChI=1S/C29H44O3/c1-7-9-11-12-20(4)21(5)23-17-26-29(27(18-23)32-28(30)13-10-8-2)22(6)24-15-14-19(3)16-25(24)31-26/h17-22H,7-16H2,1-6H3. The van der Waals surface area contributed by atoms with E-state index in [1.54, 1.807) is 0 Å². The minimum Gasteiger partial charge on any atom is -0.461 e. The Kier molecular flexibility index (Phi) is 8.85. The molecule has 3 heteroatoms. The Morgan fingerprint density at radius 2 is 1.88 bits per heavy atom. The molecule has 0 amide bonds. The van der Waals surface area contributed by atoms with E-state index in [0.29, 0.717) is 24.2 Å². The van der Waals surface area contributed by atoms with Gasteiger partial charge in [-0.05, 0) is 60.3 Å². The van der Waals surface area contributed by atoms with E-state index in [0.717, 1.165) is 48.5 Å². The molecule has 178 valence electrons. The van der Waals surface area contributed by atoms with E-state index >= 15 is 0 Å². The molecule has 1 heterocycles. The van der Waals surface area contributed by atoms with Gasteiger partial charge >= 0.3 is 5.97 Å². The molecule has 4 atom stereocenters. The van der Waals surface area contributed by atoms with Gasteiger partial charge in [-0.15, -0.1) is 0 Å². The molecule has 0 fully saturated rings. The second-order valence-electron chi connectivity index (χ2n) is 10.4. The number of carbonyl (C=O) groups excluding carboxylic acids is 1.